The van der Waals surface area contributed by atoms with Gasteiger partial charge in [0, 0.05) is 16.2 Å². The number of nitrogens with one attached hydrogen (secondary N) is 2. The Morgan fingerprint density at radius 3 is 2.43 bits per heavy atom. The number of aromatic nitrogens is 3. The quantitative estimate of drug-likeness (QED) is 0.00911. The molecule has 0 atom stereocenters. The van der Waals surface area contributed by atoms with Gasteiger partial charge in [0.15, 0.2) is 10.9 Å². The maximum Gasteiger partial charge on any atom is 0.337 e. The zero-order chi connectivity index (χ0) is 35.6. The highest BCUT2D eigenvalue weighted by Crippen LogP contribution is 2.39. The Kier molecular flexibility index (Phi) is 12.8. The first-order chi connectivity index (χ1) is 23.3. The van der Waals surface area contributed by atoms with Crippen molar-refractivity contribution in [3.8, 4) is 5.75 Å². The van der Waals surface area contributed by atoms with E-state index in [2.05, 4.69) is 50.4 Å². The largest absolute Gasteiger partial charge is 0.504 e. The summed E-state index contributed by atoms with van der Waals surface area (Å²) in [4.78, 5) is 34.1. The second-order valence-electron chi connectivity index (χ2n) is 8.99. The first-order valence-electron chi connectivity index (χ1n) is 13.0. The number of amidine groups is 1. The lowest BCUT2D eigenvalue weighted by atomic mass is 10.2. The van der Waals surface area contributed by atoms with E-state index < -0.39 is 38.4 Å². The van der Waals surface area contributed by atoms with Crippen molar-refractivity contribution in [2.24, 2.45) is 15.3 Å². The Morgan fingerprint density at radius 1 is 1.00 bits per heavy atom. The fourth-order valence-electron chi connectivity index (χ4n) is 3.57. The molecule has 0 saturated carbocycles. The molecule has 0 saturated heterocycles. The van der Waals surface area contributed by atoms with Crippen molar-refractivity contribution in [3.63, 3.8) is 0 Å². The highest BCUT2D eigenvalue weighted by molar-refractivity contribution is 7.99. The number of hydrogen-bond donors (Lipinski definition) is 7. The summed E-state index contributed by atoms with van der Waals surface area (Å²) in [5.74, 6) is -3.40. The third kappa shape index (κ3) is 10.8. The molecule has 4 rings (SSSR count). The minimum atomic E-state index is -4.88. The number of benzene rings is 3. The van der Waals surface area contributed by atoms with E-state index in [-0.39, 0.29) is 51.3 Å². The van der Waals surface area contributed by atoms with Crippen molar-refractivity contribution >= 4 is 86.3 Å². The van der Waals surface area contributed by atoms with Crippen LogP contribution in [0, 0.1) is 0 Å². The summed E-state index contributed by atoms with van der Waals surface area (Å²) in [5, 5.41) is 56.0. The van der Waals surface area contributed by atoms with Crippen LogP contribution in [-0.4, -0.2) is 72.0 Å². The summed E-state index contributed by atoms with van der Waals surface area (Å²) in [6.07, 6.45) is -0.201. The molecule has 0 amide bonds. The van der Waals surface area contributed by atoms with Crippen LogP contribution in [0.4, 0.5) is 23.0 Å². The molecule has 0 spiro atoms. The zero-order valence-electron chi connectivity index (χ0n) is 24.2. The lowest BCUT2D eigenvalue weighted by Gasteiger charge is -2.11. The van der Waals surface area contributed by atoms with Crippen LogP contribution in [0.25, 0.3) is 0 Å². The highest BCUT2D eigenvalue weighted by atomic mass is 35.5. The number of nitrogens with zero attached hydrogens (tertiary/aromatic N) is 6. The monoisotopic (exact) mass is 752 g/mol. The SMILES string of the molecule is O=C(O)CCSc1nc(Cl)nc(Nc2cc(S(=O)(=O)O)cc(N=N/C(=N\Nc3cc(SOOO)ccc3C(=O)O)c3ccccc3)c2O)n1. The molecule has 0 unspecified atom stereocenters. The van der Waals surface area contributed by atoms with Gasteiger partial charge < -0.3 is 20.6 Å². The molecule has 4 aromatic rings. The molecule has 0 aliphatic rings. The molecule has 1 aromatic heterocycles. The van der Waals surface area contributed by atoms with Crippen LogP contribution in [0.1, 0.15) is 22.3 Å². The number of aromatic carboxylic acids is 1. The van der Waals surface area contributed by atoms with E-state index in [0.29, 0.717) is 22.5 Å². The normalized spacial score (nSPS) is 11.9. The van der Waals surface area contributed by atoms with E-state index in [1.807, 2.05) is 0 Å². The molecule has 0 bridgehead atoms. The van der Waals surface area contributed by atoms with Crippen molar-refractivity contribution < 1.29 is 52.5 Å². The number of phenolic OH excluding ortho intramolecular Hbond substituents is 1. The van der Waals surface area contributed by atoms with E-state index in [1.165, 1.54) is 18.2 Å². The summed E-state index contributed by atoms with van der Waals surface area (Å²) >= 11 is 7.48. The third-order valence-corrected chi connectivity index (χ3v) is 8.12. The molecule has 3 aromatic carbocycles. The van der Waals surface area contributed by atoms with E-state index in [1.54, 1.807) is 30.3 Å². The molecule has 1 heterocycles. The van der Waals surface area contributed by atoms with Crippen LogP contribution in [-0.2, 0) is 24.3 Å². The maximum absolute atomic E-state index is 12.1. The van der Waals surface area contributed by atoms with Gasteiger partial charge in [-0.1, -0.05) is 47.1 Å². The van der Waals surface area contributed by atoms with Crippen LogP contribution in [0.2, 0.25) is 5.28 Å². The molecular formula is C26H21ClN8O11S3. The lowest BCUT2D eigenvalue weighted by Crippen LogP contribution is -2.06. The number of thioether (sulfide) groups is 1. The molecule has 19 nitrogen and oxygen atoms in total. The number of phenols is 1. The minimum absolute atomic E-state index is 0.0229. The minimum Gasteiger partial charge on any atom is -0.504 e. The fraction of sp³-hybridized carbons (Fsp3) is 0.0769. The standard InChI is InChI=1S/C26H21ClN8O11S3/c27-24-29-25(31-26(30-24)47-9-8-20(36)37)28-18-11-15(49(42,43)44)12-19(21(18)38)33-35-22(13-4-2-1-3-5-13)34-32-17-10-14(48-46-45-41)6-7-16(17)23(39)40/h1-7,10-12,32,38,41H,8-9H2,(H,36,37)(H,39,40)(H,42,43,44)(H,28,29,30,31)/b34-22-,35-33?. The number of aromatic hydroxyl groups is 1. The van der Waals surface area contributed by atoms with Crippen LogP contribution < -0.4 is 10.7 Å². The number of carboxylic acid groups (broad SMARTS) is 2. The Labute approximate surface area is 288 Å². The van der Waals surface area contributed by atoms with Gasteiger partial charge in [-0.15, -0.1) is 14.6 Å². The lowest BCUT2D eigenvalue weighted by molar-refractivity contribution is -0.432. The van der Waals surface area contributed by atoms with Gasteiger partial charge in [0.2, 0.25) is 17.1 Å². The number of carboxylic acids is 2. The van der Waals surface area contributed by atoms with Gasteiger partial charge in [0.1, 0.15) is 5.69 Å². The van der Waals surface area contributed by atoms with E-state index in [0.717, 1.165) is 23.9 Å². The predicted octanol–water partition coefficient (Wildman–Crippen LogP) is 5.47. The number of carbonyl (C=O) groups is 2. The Balaban J connectivity index is 1.73. The Bertz CT molecular complexity index is 2020. The van der Waals surface area contributed by atoms with Gasteiger partial charge in [0.25, 0.3) is 10.1 Å². The summed E-state index contributed by atoms with van der Waals surface area (Å²) < 4.78 is 38.4. The first kappa shape index (κ1) is 36.9. The number of aliphatic carboxylic acids is 1. The van der Waals surface area contributed by atoms with Gasteiger partial charge in [0.05, 0.1) is 40.3 Å². The van der Waals surface area contributed by atoms with Gasteiger partial charge in [-0.25, -0.2) is 10.1 Å². The zero-order valence-corrected chi connectivity index (χ0v) is 27.4. The molecule has 0 aliphatic carbocycles. The van der Waals surface area contributed by atoms with Gasteiger partial charge in [-0.3, -0.25) is 14.8 Å². The fourth-order valence-corrected chi connectivity index (χ4v) is 5.47. The summed E-state index contributed by atoms with van der Waals surface area (Å²) in [6.45, 7) is 0. The molecular weight excluding hydrogens is 732 g/mol. The Hall–Kier alpha value is -4.94. The Morgan fingerprint density at radius 2 is 1.76 bits per heavy atom. The summed E-state index contributed by atoms with van der Waals surface area (Å²) in [5.41, 5.74) is 1.82. The van der Waals surface area contributed by atoms with Crippen molar-refractivity contribution in [2.45, 2.75) is 21.4 Å². The topological polar surface area (TPSA) is 288 Å². The molecule has 23 heteroatoms. The third-order valence-electron chi connectivity index (χ3n) is 5.69. The molecule has 256 valence electrons. The molecule has 49 heavy (non-hydrogen) atoms. The molecule has 0 radical (unpaired) electrons. The first-order valence-corrected chi connectivity index (χ1v) is 16.6. The van der Waals surface area contributed by atoms with Crippen molar-refractivity contribution in [1.82, 2.24) is 15.0 Å². The van der Waals surface area contributed by atoms with Crippen LogP contribution >= 0.6 is 35.4 Å². The van der Waals surface area contributed by atoms with Crippen molar-refractivity contribution in [1.29, 1.82) is 0 Å². The van der Waals surface area contributed by atoms with E-state index in [4.69, 9.17) is 22.0 Å². The number of anilines is 3. The van der Waals surface area contributed by atoms with Crippen molar-refractivity contribution in [3.05, 3.63) is 77.1 Å². The van der Waals surface area contributed by atoms with Crippen LogP contribution in [0.5, 0.6) is 5.75 Å². The average molecular weight is 753 g/mol. The summed E-state index contributed by atoms with van der Waals surface area (Å²) in [6, 6.07) is 13.7. The number of azo groups is 1. The molecule has 0 aliphatic heterocycles. The van der Waals surface area contributed by atoms with Crippen molar-refractivity contribution in [2.75, 3.05) is 16.5 Å². The van der Waals surface area contributed by atoms with E-state index >= 15 is 0 Å². The van der Waals surface area contributed by atoms with Crippen LogP contribution in [0.15, 0.2) is 90.9 Å². The van der Waals surface area contributed by atoms with Gasteiger partial charge in [-0.2, -0.15) is 28.5 Å². The van der Waals surface area contributed by atoms with E-state index in [9.17, 15) is 32.8 Å². The van der Waals surface area contributed by atoms with Crippen LogP contribution in [0.3, 0.4) is 0 Å². The predicted molar refractivity (Wildman–Crippen MR) is 174 cm³/mol. The number of hydrazone groups is 1. The summed E-state index contributed by atoms with van der Waals surface area (Å²) in [7, 11) is -4.88. The average Bonchev–Trinajstić information content (AvgIpc) is 3.04. The van der Waals surface area contributed by atoms with Gasteiger partial charge >= 0.3 is 11.9 Å². The number of hydrogen-bond acceptors (Lipinski definition) is 17. The number of rotatable bonds is 15. The highest BCUT2D eigenvalue weighted by Gasteiger charge is 2.20. The number of halogens is 1. The second kappa shape index (κ2) is 16.9. The smallest absolute Gasteiger partial charge is 0.337 e. The molecule has 7 N–H and O–H groups in total. The maximum atomic E-state index is 12.1. The second-order valence-corrected chi connectivity index (χ2v) is 12.6. The van der Waals surface area contributed by atoms with Gasteiger partial charge in [-0.05, 0) is 41.9 Å². The molecule has 0 fully saturated rings.